The van der Waals surface area contributed by atoms with Crippen molar-refractivity contribution >= 4 is 39.1 Å². The zero-order valence-corrected chi connectivity index (χ0v) is 26.8. The van der Waals surface area contributed by atoms with E-state index in [0.717, 1.165) is 27.4 Å². The van der Waals surface area contributed by atoms with E-state index in [2.05, 4.69) is 5.32 Å². The number of anilines is 1. The van der Waals surface area contributed by atoms with E-state index in [4.69, 9.17) is 11.6 Å². The normalized spacial score (nSPS) is 12.6. The summed E-state index contributed by atoms with van der Waals surface area (Å²) in [5.74, 6) is -0.799. The van der Waals surface area contributed by atoms with Crippen LogP contribution in [-0.4, -0.2) is 43.8 Å². The summed E-state index contributed by atoms with van der Waals surface area (Å²) in [7, 11) is -4.18. The zero-order chi connectivity index (χ0) is 31.7. The van der Waals surface area contributed by atoms with E-state index in [1.165, 1.54) is 29.2 Å². The minimum Gasteiger partial charge on any atom is -0.352 e. The lowest BCUT2D eigenvalue weighted by Gasteiger charge is -2.34. The topological polar surface area (TPSA) is 86.8 Å². The number of sulfonamides is 1. The van der Waals surface area contributed by atoms with Crippen LogP contribution in [0.2, 0.25) is 5.02 Å². The lowest BCUT2D eigenvalue weighted by molar-refractivity contribution is -0.140. The third kappa shape index (κ3) is 8.27. The number of carbonyl (C=O) groups excluding carboxylic acids is 2. The summed E-state index contributed by atoms with van der Waals surface area (Å²) in [5, 5.41) is 3.45. The molecule has 0 saturated heterocycles. The maximum atomic E-state index is 14.5. The van der Waals surface area contributed by atoms with Crippen molar-refractivity contribution in [3.8, 4) is 0 Å². The molecule has 0 radical (unpaired) electrons. The van der Waals surface area contributed by atoms with Crippen LogP contribution in [0.4, 0.5) is 5.69 Å². The largest absolute Gasteiger partial charge is 0.352 e. The van der Waals surface area contributed by atoms with Crippen LogP contribution in [0.1, 0.15) is 37.0 Å². The molecule has 0 fully saturated rings. The van der Waals surface area contributed by atoms with Crippen molar-refractivity contribution in [2.45, 2.75) is 57.1 Å². The van der Waals surface area contributed by atoms with E-state index < -0.39 is 28.5 Å². The van der Waals surface area contributed by atoms with Crippen LogP contribution in [0.15, 0.2) is 114 Å². The molecular formula is C35H38ClN3O4S. The second-order valence-electron chi connectivity index (χ2n) is 10.8. The first-order valence-corrected chi connectivity index (χ1v) is 16.4. The van der Waals surface area contributed by atoms with Crippen LogP contribution in [0.25, 0.3) is 0 Å². The number of amides is 2. The van der Waals surface area contributed by atoms with Gasteiger partial charge in [-0.15, -0.1) is 0 Å². The Morgan fingerprint density at radius 2 is 1.43 bits per heavy atom. The molecular weight excluding hydrogens is 594 g/mol. The summed E-state index contributed by atoms with van der Waals surface area (Å²) in [6, 6.07) is 30.5. The molecule has 2 atom stereocenters. The molecule has 0 aliphatic carbocycles. The fourth-order valence-electron chi connectivity index (χ4n) is 4.82. The van der Waals surface area contributed by atoms with Crippen LogP contribution in [0.3, 0.4) is 0 Å². The average Bonchev–Trinajstić information content (AvgIpc) is 3.03. The van der Waals surface area contributed by atoms with E-state index in [0.29, 0.717) is 10.7 Å². The molecule has 0 aliphatic heterocycles. The summed E-state index contributed by atoms with van der Waals surface area (Å²) in [5.41, 5.74) is 3.03. The first-order chi connectivity index (χ1) is 21.1. The first-order valence-electron chi connectivity index (χ1n) is 14.6. The molecule has 230 valence electrons. The van der Waals surface area contributed by atoms with Gasteiger partial charge in [-0.1, -0.05) is 91.3 Å². The Balaban J connectivity index is 1.80. The van der Waals surface area contributed by atoms with Gasteiger partial charge in [-0.2, -0.15) is 0 Å². The molecule has 7 nitrogen and oxygen atoms in total. The fourth-order valence-corrected chi connectivity index (χ4v) is 6.36. The van der Waals surface area contributed by atoms with Crippen molar-refractivity contribution in [3.05, 3.63) is 131 Å². The minimum atomic E-state index is -4.18. The summed E-state index contributed by atoms with van der Waals surface area (Å²) >= 11 is 6.04. The van der Waals surface area contributed by atoms with E-state index in [-0.39, 0.29) is 29.8 Å². The zero-order valence-electron chi connectivity index (χ0n) is 25.2. The Labute approximate surface area is 265 Å². The number of carbonyl (C=O) groups is 2. The van der Waals surface area contributed by atoms with Crippen LogP contribution in [-0.2, 0) is 32.6 Å². The van der Waals surface area contributed by atoms with Crippen molar-refractivity contribution < 1.29 is 18.0 Å². The molecule has 0 saturated carbocycles. The van der Waals surface area contributed by atoms with Crippen molar-refractivity contribution in [2.75, 3.05) is 10.8 Å². The molecule has 0 spiro atoms. The summed E-state index contributed by atoms with van der Waals surface area (Å²) in [4.78, 5) is 29.9. The number of aryl methyl sites for hydroxylation is 1. The third-order valence-electron chi connectivity index (χ3n) is 7.60. The maximum Gasteiger partial charge on any atom is 0.264 e. The highest BCUT2D eigenvalue weighted by atomic mass is 35.5. The number of para-hydroxylation sites is 1. The molecule has 0 aromatic heterocycles. The average molecular weight is 632 g/mol. The fraction of sp³-hybridized carbons (Fsp3) is 0.257. The number of rotatable bonds is 13. The van der Waals surface area contributed by atoms with Gasteiger partial charge in [-0.05, 0) is 73.4 Å². The van der Waals surface area contributed by atoms with Gasteiger partial charge in [0, 0.05) is 24.0 Å². The Hall–Kier alpha value is -4.14. The van der Waals surface area contributed by atoms with Gasteiger partial charge in [0.2, 0.25) is 11.8 Å². The molecule has 9 heteroatoms. The predicted molar refractivity (Wildman–Crippen MR) is 176 cm³/mol. The van der Waals surface area contributed by atoms with Gasteiger partial charge >= 0.3 is 0 Å². The van der Waals surface area contributed by atoms with Crippen molar-refractivity contribution in [1.29, 1.82) is 0 Å². The van der Waals surface area contributed by atoms with E-state index in [9.17, 15) is 18.0 Å². The Kier molecular flexibility index (Phi) is 11.2. The van der Waals surface area contributed by atoms with Gasteiger partial charge in [-0.25, -0.2) is 8.42 Å². The highest BCUT2D eigenvalue weighted by Gasteiger charge is 2.35. The quantitative estimate of drug-likeness (QED) is 0.185. The van der Waals surface area contributed by atoms with E-state index in [1.54, 1.807) is 30.3 Å². The molecule has 1 N–H and O–H groups in total. The van der Waals surface area contributed by atoms with Gasteiger partial charge in [0.05, 0.1) is 10.6 Å². The molecule has 44 heavy (non-hydrogen) atoms. The SMILES string of the molecule is CC[C@@H](C)NC(=O)[C@H](Cc1ccccc1)N(Cc1ccccc1C)C(=O)CN(c1ccccc1)S(=O)(=O)c1ccc(Cl)cc1. The number of halogens is 1. The van der Waals surface area contributed by atoms with Gasteiger partial charge < -0.3 is 10.2 Å². The van der Waals surface area contributed by atoms with Gasteiger partial charge in [0.25, 0.3) is 10.0 Å². The summed E-state index contributed by atoms with van der Waals surface area (Å²) in [6.45, 7) is 5.46. The highest BCUT2D eigenvalue weighted by molar-refractivity contribution is 7.92. The lowest BCUT2D eigenvalue weighted by atomic mass is 10.0. The van der Waals surface area contributed by atoms with Crippen LogP contribution in [0.5, 0.6) is 0 Å². The van der Waals surface area contributed by atoms with Crippen LogP contribution < -0.4 is 9.62 Å². The first kappa shape index (κ1) is 32.8. The molecule has 4 rings (SSSR count). The minimum absolute atomic E-state index is 0.000596. The van der Waals surface area contributed by atoms with Gasteiger partial charge in [0.1, 0.15) is 12.6 Å². The molecule has 2 amide bonds. The predicted octanol–water partition coefficient (Wildman–Crippen LogP) is 6.40. The summed E-state index contributed by atoms with van der Waals surface area (Å²) in [6.07, 6.45) is 0.979. The van der Waals surface area contributed by atoms with E-state index in [1.807, 2.05) is 75.4 Å². The third-order valence-corrected chi connectivity index (χ3v) is 9.64. The van der Waals surface area contributed by atoms with Gasteiger partial charge in [-0.3, -0.25) is 13.9 Å². The Morgan fingerprint density at radius 3 is 2.05 bits per heavy atom. The van der Waals surface area contributed by atoms with Crippen LogP contribution >= 0.6 is 11.6 Å². The molecule has 4 aromatic rings. The molecule has 0 unspecified atom stereocenters. The van der Waals surface area contributed by atoms with Gasteiger partial charge in [0.15, 0.2) is 0 Å². The number of nitrogens with one attached hydrogen (secondary N) is 1. The standard InChI is InChI=1S/C35H38ClN3O4S/c1-4-27(3)37-35(41)33(23-28-14-7-5-8-15-28)38(24-29-16-12-11-13-26(29)2)34(40)25-39(31-17-9-6-10-18-31)44(42,43)32-21-19-30(36)20-22-32/h5-22,27,33H,4,23-25H2,1-3H3,(H,37,41)/t27-,33+/m1/s1. The van der Waals surface area contributed by atoms with Crippen molar-refractivity contribution in [1.82, 2.24) is 10.2 Å². The van der Waals surface area contributed by atoms with Crippen molar-refractivity contribution in [2.24, 2.45) is 0 Å². The second kappa shape index (κ2) is 15.0. The molecule has 0 bridgehead atoms. The number of nitrogens with zero attached hydrogens (tertiary/aromatic N) is 2. The van der Waals surface area contributed by atoms with Crippen LogP contribution in [0, 0.1) is 6.92 Å². The lowest BCUT2D eigenvalue weighted by Crippen LogP contribution is -2.54. The highest BCUT2D eigenvalue weighted by Crippen LogP contribution is 2.26. The second-order valence-corrected chi connectivity index (χ2v) is 13.1. The smallest absolute Gasteiger partial charge is 0.264 e. The molecule has 4 aromatic carbocycles. The number of hydrogen-bond donors (Lipinski definition) is 1. The molecule has 0 heterocycles. The number of hydrogen-bond acceptors (Lipinski definition) is 4. The van der Waals surface area contributed by atoms with Crippen molar-refractivity contribution in [3.63, 3.8) is 0 Å². The Morgan fingerprint density at radius 1 is 0.841 bits per heavy atom. The Bertz CT molecular complexity index is 1650. The monoisotopic (exact) mass is 631 g/mol. The summed E-state index contributed by atoms with van der Waals surface area (Å²) < 4.78 is 29.1. The number of benzene rings is 4. The van der Waals surface area contributed by atoms with E-state index >= 15 is 0 Å². The maximum absolute atomic E-state index is 14.5. The molecule has 0 aliphatic rings.